The maximum absolute atomic E-state index is 12.0. The van der Waals surface area contributed by atoms with Gasteiger partial charge in [-0.25, -0.2) is 0 Å². The quantitative estimate of drug-likeness (QED) is 0.621. The number of para-hydroxylation sites is 1. The maximum atomic E-state index is 12.0. The molecule has 4 heteroatoms. The highest BCUT2D eigenvalue weighted by Gasteiger charge is 2.09. The van der Waals surface area contributed by atoms with E-state index in [9.17, 15) is 9.59 Å². The van der Waals surface area contributed by atoms with Crippen molar-refractivity contribution >= 4 is 17.4 Å². The normalized spacial score (nSPS) is 10.2. The number of ketones is 1. The van der Waals surface area contributed by atoms with E-state index in [2.05, 4.69) is 5.32 Å². The predicted octanol–water partition coefficient (Wildman–Crippen LogP) is 4.00. The molecule has 0 aliphatic rings. The molecule has 23 heavy (non-hydrogen) atoms. The lowest BCUT2D eigenvalue weighted by atomic mass is 10.1. The zero-order valence-electron chi connectivity index (χ0n) is 13.5. The fourth-order valence-corrected chi connectivity index (χ4v) is 2.24. The van der Waals surface area contributed by atoms with E-state index >= 15 is 0 Å². The van der Waals surface area contributed by atoms with Gasteiger partial charge in [-0.1, -0.05) is 24.3 Å². The van der Waals surface area contributed by atoms with Gasteiger partial charge in [0.15, 0.2) is 5.78 Å². The zero-order chi connectivity index (χ0) is 16.7. The third-order valence-electron chi connectivity index (χ3n) is 3.39. The minimum atomic E-state index is -0.119. The summed E-state index contributed by atoms with van der Waals surface area (Å²) in [4.78, 5) is 23.5. The van der Waals surface area contributed by atoms with Crippen LogP contribution in [-0.2, 0) is 4.79 Å². The first-order chi connectivity index (χ1) is 11.1. The number of rotatable bonds is 7. The molecule has 0 heterocycles. The van der Waals surface area contributed by atoms with E-state index in [1.165, 1.54) is 6.92 Å². The summed E-state index contributed by atoms with van der Waals surface area (Å²) in [5.74, 6) is 0.627. The fourth-order valence-electron chi connectivity index (χ4n) is 2.24. The average Bonchev–Trinajstić information content (AvgIpc) is 2.52. The third kappa shape index (κ3) is 5.25. The summed E-state index contributed by atoms with van der Waals surface area (Å²) in [7, 11) is 0. The van der Waals surface area contributed by atoms with Gasteiger partial charge >= 0.3 is 0 Å². The smallest absolute Gasteiger partial charge is 0.224 e. The zero-order valence-corrected chi connectivity index (χ0v) is 13.5. The molecule has 0 atom stereocenters. The number of hydrogen-bond donors (Lipinski definition) is 1. The van der Waals surface area contributed by atoms with Crippen LogP contribution in [0, 0.1) is 6.92 Å². The van der Waals surface area contributed by atoms with E-state index in [1.54, 1.807) is 24.3 Å². The molecule has 0 fully saturated rings. The summed E-state index contributed by atoms with van der Waals surface area (Å²) < 4.78 is 5.62. The molecule has 0 radical (unpaired) electrons. The number of amides is 1. The number of benzene rings is 2. The first kappa shape index (κ1) is 16.7. The van der Waals surface area contributed by atoms with Crippen molar-refractivity contribution in [2.24, 2.45) is 0 Å². The van der Waals surface area contributed by atoms with Crippen molar-refractivity contribution in [2.45, 2.75) is 26.7 Å². The number of Topliss-reactive ketones (excluding diaryl/α,β-unsaturated/α-hetero) is 1. The molecule has 2 aromatic carbocycles. The van der Waals surface area contributed by atoms with Crippen molar-refractivity contribution in [3.63, 3.8) is 0 Å². The molecular weight excluding hydrogens is 290 g/mol. The van der Waals surface area contributed by atoms with Crippen LogP contribution >= 0.6 is 0 Å². The maximum Gasteiger partial charge on any atom is 0.224 e. The van der Waals surface area contributed by atoms with Crippen molar-refractivity contribution < 1.29 is 14.3 Å². The lowest BCUT2D eigenvalue weighted by Gasteiger charge is -2.09. The van der Waals surface area contributed by atoms with Gasteiger partial charge < -0.3 is 10.1 Å². The standard InChI is InChI=1S/C19H21NO3/c1-14-7-5-8-16(13-14)23-12-6-11-19(22)20-18-10-4-3-9-17(18)15(2)21/h3-5,7-10,13H,6,11-12H2,1-2H3,(H,20,22). The lowest BCUT2D eigenvalue weighted by molar-refractivity contribution is -0.116. The molecule has 2 rings (SSSR count). The van der Waals surface area contributed by atoms with Crippen LogP contribution in [0.1, 0.15) is 35.7 Å². The number of anilines is 1. The summed E-state index contributed by atoms with van der Waals surface area (Å²) in [5, 5.41) is 2.78. The summed E-state index contributed by atoms with van der Waals surface area (Å²) in [6.45, 7) is 3.97. The van der Waals surface area contributed by atoms with Crippen molar-refractivity contribution in [2.75, 3.05) is 11.9 Å². The van der Waals surface area contributed by atoms with Crippen molar-refractivity contribution in [3.8, 4) is 5.75 Å². The Morgan fingerprint density at radius 1 is 1.09 bits per heavy atom. The second-order valence-corrected chi connectivity index (χ2v) is 5.42. The van der Waals surface area contributed by atoms with Crippen molar-refractivity contribution in [3.05, 3.63) is 59.7 Å². The highest BCUT2D eigenvalue weighted by molar-refractivity contribution is 6.03. The monoisotopic (exact) mass is 311 g/mol. The molecule has 1 amide bonds. The SMILES string of the molecule is CC(=O)c1ccccc1NC(=O)CCCOc1cccc(C)c1. The molecule has 1 N–H and O–H groups in total. The van der Waals surface area contributed by atoms with E-state index in [1.807, 2.05) is 31.2 Å². The van der Waals surface area contributed by atoms with Gasteiger partial charge in [0.05, 0.1) is 12.3 Å². The molecule has 0 aliphatic heterocycles. The van der Waals surface area contributed by atoms with Crippen molar-refractivity contribution in [1.82, 2.24) is 0 Å². The topological polar surface area (TPSA) is 55.4 Å². The van der Waals surface area contributed by atoms with Gasteiger partial charge in [-0.3, -0.25) is 9.59 Å². The van der Waals surface area contributed by atoms with E-state index < -0.39 is 0 Å². The number of hydrogen-bond acceptors (Lipinski definition) is 3. The van der Waals surface area contributed by atoms with Crippen molar-refractivity contribution in [1.29, 1.82) is 0 Å². The van der Waals surface area contributed by atoms with E-state index in [-0.39, 0.29) is 11.7 Å². The van der Waals surface area contributed by atoms with Gasteiger partial charge in [-0.2, -0.15) is 0 Å². The number of ether oxygens (including phenoxy) is 1. The molecule has 0 bridgehead atoms. The first-order valence-corrected chi connectivity index (χ1v) is 7.65. The second kappa shape index (κ2) is 8.13. The van der Waals surface area contributed by atoms with Crippen LogP contribution in [0.4, 0.5) is 5.69 Å². The Morgan fingerprint density at radius 2 is 1.87 bits per heavy atom. The van der Waals surface area contributed by atoms with E-state index in [0.29, 0.717) is 30.7 Å². The van der Waals surface area contributed by atoms with Gasteiger partial charge in [0, 0.05) is 12.0 Å². The highest BCUT2D eigenvalue weighted by Crippen LogP contribution is 2.16. The molecule has 0 unspecified atom stereocenters. The summed E-state index contributed by atoms with van der Waals surface area (Å²) in [5.41, 5.74) is 2.22. The third-order valence-corrected chi connectivity index (χ3v) is 3.39. The Labute approximate surface area is 136 Å². The molecule has 0 saturated heterocycles. The summed E-state index contributed by atoms with van der Waals surface area (Å²) in [6, 6.07) is 14.8. The van der Waals surface area contributed by atoms with Gasteiger partial charge in [-0.05, 0) is 50.1 Å². The first-order valence-electron chi connectivity index (χ1n) is 7.65. The number of aryl methyl sites for hydroxylation is 1. The molecule has 0 saturated carbocycles. The molecule has 120 valence electrons. The summed E-state index contributed by atoms with van der Waals surface area (Å²) >= 11 is 0. The van der Waals surface area contributed by atoms with Crippen LogP contribution < -0.4 is 10.1 Å². The Morgan fingerprint density at radius 3 is 2.61 bits per heavy atom. The fraction of sp³-hybridized carbons (Fsp3) is 0.263. The van der Waals surface area contributed by atoms with Crippen LogP contribution in [0.3, 0.4) is 0 Å². The van der Waals surface area contributed by atoms with E-state index in [0.717, 1.165) is 11.3 Å². The molecule has 0 spiro atoms. The van der Waals surface area contributed by atoms with Gasteiger partial charge in [0.25, 0.3) is 0 Å². The van der Waals surface area contributed by atoms with E-state index in [4.69, 9.17) is 4.74 Å². The molecule has 4 nitrogen and oxygen atoms in total. The van der Waals surface area contributed by atoms with Crippen LogP contribution in [0.15, 0.2) is 48.5 Å². The Kier molecular flexibility index (Phi) is 5.92. The van der Waals surface area contributed by atoms with Crippen LogP contribution in [0.5, 0.6) is 5.75 Å². The lowest BCUT2D eigenvalue weighted by Crippen LogP contribution is -2.14. The van der Waals surface area contributed by atoms with Crippen LogP contribution in [-0.4, -0.2) is 18.3 Å². The average molecular weight is 311 g/mol. The van der Waals surface area contributed by atoms with Gasteiger partial charge in [0.2, 0.25) is 5.91 Å². The number of nitrogens with one attached hydrogen (secondary N) is 1. The van der Waals surface area contributed by atoms with Crippen LogP contribution in [0.2, 0.25) is 0 Å². The predicted molar refractivity (Wildman–Crippen MR) is 91.0 cm³/mol. The number of carbonyl (C=O) groups is 2. The van der Waals surface area contributed by atoms with Crippen LogP contribution in [0.25, 0.3) is 0 Å². The van der Waals surface area contributed by atoms with Gasteiger partial charge in [0.1, 0.15) is 5.75 Å². The molecule has 2 aromatic rings. The number of carbonyl (C=O) groups excluding carboxylic acids is 2. The summed E-state index contributed by atoms with van der Waals surface area (Å²) in [6.07, 6.45) is 0.958. The Hall–Kier alpha value is -2.62. The second-order valence-electron chi connectivity index (χ2n) is 5.42. The molecular formula is C19H21NO3. The molecule has 0 aromatic heterocycles. The largest absolute Gasteiger partial charge is 0.494 e. The highest BCUT2D eigenvalue weighted by atomic mass is 16.5. The minimum absolute atomic E-state index is 0.0660. The molecule has 0 aliphatic carbocycles. The Bertz CT molecular complexity index is 695. The van der Waals surface area contributed by atoms with Gasteiger partial charge in [-0.15, -0.1) is 0 Å². The minimum Gasteiger partial charge on any atom is -0.494 e. The Balaban J connectivity index is 1.79.